The smallest absolute Gasteiger partial charge is 0.409 e. The van der Waals surface area contributed by atoms with Crippen LogP contribution in [0.15, 0.2) is 29.8 Å². The highest BCUT2D eigenvalue weighted by Gasteiger charge is 2.12. The Kier molecular flexibility index (Phi) is 3.99. The Balaban J connectivity index is 2.01. The van der Waals surface area contributed by atoms with Crippen molar-refractivity contribution in [1.29, 1.82) is 0 Å². The van der Waals surface area contributed by atoms with Crippen molar-refractivity contribution < 1.29 is 9.90 Å². The zero-order valence-corrected chi connectivity index (χ0v) is 10.2. The molecule has 1 fully saturated rings. The van der Waals surface area contributed by atoms with Gasteiger partial charge < -0.3 is 10.8 Å². The summed E-state index contributed by atoms with van der Waals surface area (Å²) in [6, 6.07) is 7.74. The van der Waals surface area contributed by atoms with Gasteiger partial charge >= 0.3 is 6.09 Å². The average molecular weight is 246 g/mol. The number of benzene rings is 1. The molecule has 0 unspecified atom stereocenters. The molecule has 18 heavy (non-hydrogen) atoms. The van der Waals surface area contributed by atoms with E-state index in [0.29, 0.717) is 11.7 Å². The summed E-state index contributed by atoms with van der Waals surface area (Å²) in [5.41, 5.74) is 8.99. The lowest BCUT2D eigenvalue weighted by molar-refractivity contribution is 0.210. The standard InChI is InChI=1S/C14H18N2O2/c15-12-5-1-10(2-6-12)9-11-3-7-13(8-4-11)16-14(17)18/h3-4,7-9,12,16H,1-2,5-6,15H2,(H,17,18). The van der Waals surface area contributed by atoms with Crippen LogP contribution in [0.3, 0.4) is 0 Å². The second-order valence-electron chi connectivity index (χ2n) is 4.69. The van der Waals surface area contributed by atoms with Gasteiger partial charge in [0.2, 0.25) is 0 Å². The Hall–Kier alpha value is -1.81. The molecule has 2 rings (SSSR count). The molecular formula is C14H18N2O2. The van der Waals surface area contributed by atoms with Gasteiger partial charge in [-0.15, -0.1) is 0 Å². The first-order valence-corrected chi connectivity index (χ1v) is 6.18. The number of carboxylic acid groups (broad SMARTS) is 1. The van der Waals surface area contributed by atoms with Crippen LogP contribution in [0.4, 0.5) is 10.5 Å². The van der Waals surface area contributed by atoms with Crippen LogP contribution in [0.1, 0.15) is 31.2 Å². The summed E-state index contributed by atoms with van der Waals surface area (Å²) >= 11 is 0. The molecule has 0 aliphatic heterocycles. The quantitative estimate of drug-likeness (QED) is 0.750. The molecule has 1 amide bonds. The normalized spacial score (nSPS) is 19.4. The molecule has 1 aliphatic carbocycles. The Morgan fingerprint density at radius 3 is 2.44 bits per heavy atom. The zero-order valence-electron chi connectivity index (χ0n) is 10.2. The van der Waals surface area contributed by atoms with Gasteiger partial charge in [0.15, 0.2) is 0 Å². The van der Waals surface area contributed by atoms with Gasteiger partial charge in [0.1, 0.15) is 0 Å². The number of hydrogen-bond acceptors (Lipinski definition) is 2. The molecule has 4 heteroatoms. The van der Waals surface area contributed by atoms with Crippen molar-refractivity contribution in [3.63, 3.8) is 0 Å². The number of anilines is 1. The summed E-state index contributed by atoms with van der Waals surface area (Å²) in [5.74, 6) is 0. The van der Waals surface area contributed by atoms with Crippen molar-refractivity contribution in [2.24, 2.45) is 5.73 Å². The molecule has 0 spiro atoms. The third-order valence-corrected chi connectivity index (χ3v) is 3.21. The van der Waals surface area contributed by atoms with Crippen LogP contribution in [0, 0.1) is 0 Å². The highest BCUT2D eigenvalue weighted by Crippen LogP contribution is 2.24. The van der Waals surface area contributed by atoms with E-state index in [0.717, 1.165) is 31.2 Å². The van der Waals surface area contributed by atoms with E-state index in [1.807, 2.05) is 12.1 Å². The Morgan fingerprint density at radius 2 is 1.89 bits per heavy atom. The number of hydrogen-bond donors (Lipinski definition) is 3. The molecule has 1 saturated carbocycles. The zero-order chi connectivity index (χ0) is 13.0. The predicted octanol–water partition coefficient (Wildman–Crippen LogP) is 3.06. The molecular weight excluding hydrogens is 228 g/mol. The second-order valence-corrected chi connectivity index (χ2v) is 4.69. The topological polar surface area (TPSA) is 75.3 Å². The van der Waals surface area contributed by atoms with E-state index in [2.05, 4.69) is 11.4 Å². The van der Waals surface area contributed by atoms with E-state index in [4.69, 9.17) is 10.8 Å². The van der Waals surface area contributed by atoms with Crippen LogP contribution >= 0.6 is 0 Å². The Labute approximate surface area is 107 Å². The predicted molar refractivity (Wildman–Crippen MR) is 72.5 cm³/mol. The molecule has 0 heterocycles. The minimum Gasteiger partial charge on any atom is -0.465 e. The fraction of sp³-hybridized carbons (Fsp3) is 0.357. The summed E-state index contributed by atoms with van der Waals surface area (Å²) in [7, 11) is 0. The maximum atomic E-state index is 10.5. The molecule has 0 atom stereocenters. The molecule has 1 aromatic carbocycles. The first-order valence-electron chi connectivity index (χ1n) is 6.18. The number of rotatable bonds is 2. The Morgan fingerprint density at radius 1 is 1.28 bits per heavy atom. The Bertz CT molecular complexity index is 441. The van der Waals surface area contributed by atoms with Gasteiger partial charge in [-0.3, -0.25) is 5.32 Å². The number of nitrogens with two attached hydrogens (primary N) is 1. The summed E-state index contributed by atoms with van der Waals surface area (Å²) < 4.78 is 0. The fourth-order valence-corrected chi connectivity index (χ4v) is 2.18. The summed E-state index contributed by atoms with van der Waals surface area (Å²) in [5, 5.41) is 10.9. The van der Waals surface area contributed by atoms with Crippen LogP contribution in [-0.4, -0.2) is 17.2 Å². The maximum absolute atomic E-state index is 10.5. The molecule has 4 nitrogen and oxygen atoms in total. The van der Waals surface area contributed by atoms with E-state index in [1.54, 1.807) is 12.1 Å². The molecule has 0 bridgehead atoms. The number of nitrogens with one attached hydrogen (secondary N) is 1. The van der Waals surface area contributed by atoms with Crippen LogP contribution in [0.5, 0.6) is 0 Å². The second kappa shape index (κ2) is 5.69. The van der Waals surface area contributed by atoms with Crippen LogP contribution in [0.2, 0.25) is 0 Å². The first kappa shape index (κ1) is 12.6. The molecule has 0 saturated heterocycles. The van der Waals surface area contributed by atoms with Gasteiger partial charge in [-0.2, -0.15) is 0 Å². The third kappa shape index (κ3) is 3.60. The van der Waals surface area contributed by atoms with Crippen LogP contribution < -0.4 is 11.1 Å². The van der Waals surface area contributed by atoms with Gasteiger partial charge in [-0.1, -0.05) is 23.8 Å². The monoisotopic (exact) mass is 246 g/mol. The third-order valence-electron chi connectivity index (χ3n) is 3.21. The van der Waals surface area contributed by atoms with Gasteiger partial charge in [-0.25, -0.2) is 4.79 Å². The number of allylic oxidation sites excluding steroid dienone is 1. The molecule has 1 aliphatic rings. The molecule has 0 aromatic heterocycles. The van der Waals surface area contributed by atoms with Gasteiger partial charge in [0, 0.05) is 11.7 Å². The van der Waals surface area contributed by atoms with Crippen molar-refractivity contribution in [2.75, 3.05) is 5.32 Å². The SMILES string of the molecule is NC1CCC(=Cc2ccc(NC(=O)O)cc2)CC1. The number of amides is 1. The van der Waals surface area contributed by atoms with Gasteiger partial charge in [-0.05, 0) is 43.4 Å². The lowest BCUT2D eigenvalue weighted by Gasteiger charge is -2.20. The number of carbonyl (C=O) groups is 1. The first-order chi connectivity index (χ1) is 8.63. The lowest BCUT2D eigenvalue weighted by Crippen LogP contribution is -2.23. The average Bonchev–Trinajstić information content (AvgIpc) is 2.34. The van der Waals surface area contributed by atoms with Crippen LogP contribution in [0.25, 0.3) is 6.08 Å². The van der Waals surface area contributed by atoms with Gasteiger partial charge in [0.25, 0.3) is 0 Å². The van der Waals surface area contributed by atoms with Crippen molar-refractivity contribution in [2.45, 2.75) is 31.7 Å². The van der Waals surface area contributed by atoms with E-state index >= 15 is 0 Å². The highest BCUT2D eigenvalue weighted by molar-refractivity contribution is 5.82. The fourth-order valence-electron chi connectivity index (χ4n) is 2.18. The summed E-state index contributed by atoms with van der Waals surface area (Å²) in [6.07, 6.45) is 5.39. The molecule has 0 radical (unpaired) electrons. The van der Waals surface area contributed by atoms with Gasteiger partial charge in [0.05, 0.1) is 0 Å². The van der Waals surface area contributed by atoms with E-state index in [1.165, 1.54) is 5.57 Å². The molecule has 1 aromatic rings. The van der Waals surface area contributed by atoms with E-state index in [-0.39, 0.29) is 0 Å². The summed E-state index contributed by atoms with van der Waals surface area (Å²) in [4.78, 5) is 10.5. The van der Waals surface area contributed by atoms with E-state index < -0.39 is 6.09 Å². The highest BCUT2D eigenvalue weighted by atomic mass is 16.4. The largest absolute Gasteiger partial charge is 0.465 e. The molecule has 4 N–H and O–H groups in total. The van der Waals surface area contributed by atoms with Crippen molar-refractivity contribution >= 4 is 17.9 Å². The van der Waals surface area contributed by atoms with Crippen LogP contribution in [-0.2, 0) is 0 Å². The van der Waals surface area contributed by atoms with Crippen molar-refractivity contribution in [3.05, 3.63) is 35.4 Å². The lowest BCUT2D eigenvalue weighted by atomic mass is 9.90. The van der Waals surface area contributed by atoms with E-state index in [9.17, 15) is 4.79 Å². The summed E-state index contributed by atoms with van der Waals surface area (Å²) in [6.45, 7) is 0. The molecule has 96 valence electrons. The maximum Gasteiger partial charge on any atom is 0.409 e. The van der Waals surface area contributed by atoms with Crippen molar-refractivity contribution in [3.8, 4) is 0 Å². The minimum atomic E-state index is -1.04. The minimum absolute atomic E-state index is 0.351. The van der Waals surface area contributed by atoms with Crippen molar-refractivity contribution in [1.82, 2.24) is 0 Å².